The van der Waals surface area contributed by atoms with Crippen molar-refractivity contribution in [2.24, 2.45) is 0 Å². The molecule has 0 spiro atoms. The van der Waals surface area contributed by atoms with Crippen LogP contribution in [0.1, 0.15) is 5.56 Å². The lowest BCUT2D eigenvalue weighted by molar-refractivity contribution is 0.204. The number of hydrogen-bond acceptors (Lipinski definition) is 6. The molecular weight excluding hydrogens is 310 g/mol. The molecule has 4 rings (SSSR count). The van der Waals surface area contributed by atoms with Crippen LogP contribution in [0, 0.1) is 0 Å². The molecule has 23 heavy (non-hydrogen) atoms. The molecule has 0 N–H and O–H groups in total. The van der Waals surface area contributed by atoms with Gasteiger partial charge in [-0.3, -0.25) is 9.58 Å². The number of aromatic nitrogens is 4. The maximum atomic E-state index is 5.37. The number of benzene rings is 1. The first kappa shape index (κ1) is 14.2. The predicted molar refractivity (Wildman–Crippen MR) is 87.9 cm³/mol. The van der Waals surface area contributed by atoms with Gasteiger partial charge in [-0.25, -0.2) is 9.97 Å². The number of hydrogen-bond donors (Lipinski definition) is 0. The topological polar surface area (TPSA) is 56.1 Å². The molecule has 1 aliphatic rings. The molecule has 0 amide bonds. The van der Waals surface area contributed by atoms with Gasteiger partial charge >= 0.3 is 0 Å². The summed E-state index contributed by atoms with van der Waals surface area (Å²) >= 11 is 1.64. The van der Waals surface area contributed by atoms with Gasteiger partial charge in [0.25, 0.3) is 0 Å². The Bertz CT molecular complexity index is 821. The van der Waals surface area contributed by atoms with E-state index in [1.165, 1.54) is 5.56 Å². The molecule has 0 aliphatic carbocycles. The van der Waals surface area contributed by atoms with Gasteiger partial charge in [0.15, 0.2) is 5.82 Å². The van der Waals surface area contributed by atoms with Crippen molar-refractivity contribution in [2.45, 2.75) is 16.5 Å². The summed E-state index contributed by atoms with van der Waals surface area (Å²) in [5, 5.41) is 5.17. The molecular formula is C16H15N5OS. The Kier molecular flexibility index (Phi) is 3.72. The summed E-state index contributed by atoms with van der Waals surface area (Å²) < 4.78 is 7.28. The molecule has 3 aromatic rings. The average molecular weight is 325 g/mol. The van der Waals surface area contributed by atoms with Crippen molar-refractivity contribution < 1.29 is 4.74 Å². The molecule has 0 saturated heterocycles. The van der Waals surface area contributed by atoms with Crippen LogP contribution in [-0.2, 0) is 11.3 Å². The van der Waals surface area contributed by atoms with E-state index in [9.17, 15) is 0 Å². The predicted octanol–water partition coefficient (Wildman–Crippen LogP) is 2.93. The van der Waals surface area contributed by atoms with Crippen molar-refractivity contribution in [2.75, 3.05) is 18.7 Å². The first-order chi connectivity index (χ1) is 11.3. The molecule has 116 valence electrons. The van der Waals surface area contributed by atoms with Crippen molar-refractivity contribution in [3.8, 4) is 0 Å². The molecule has 0 unspecified atom stereocenters. The van der Waals surface area contributed by atoms with Crippen molar-refractivity contribution in [1.29, 1.82) is 0 Å². The van der Waals surface area contributed by atoms with Crippen LogP contribution in [0.15, 0.2) is 59.0 Å². The molecule has 7 heteroatoms. The van der Waals surface area contributed by atoms with Gasteiger partial charge in [0.2, 0.25) is 0 Å². The highest BCUT2D eigenvalue weighted by Crippen LogP contribution is 2.46. The fourth-order valence-electron chi connectivity index (χ4n) is 2.59. The zero-order chi connectivity index (χ0) is 15.6. The molecule has 3 heterocycles. The van der Waals surface area contributed by atoms with E-state index >= 15 is 0 Å². The Hall–Kier alpha value is -2.38. The molecule has 1 aliphatic heterocycles. The lowest BCUT2D eigenvalue weighted by atomic mass is 10.2. The lowest BCUT2D eigenvalue weighted by Crippen LogP contribution is -2.24. The third-order valence-corrected chi connectivity index (χ3v) is 4.63. The van der Waals surface area contributed by atoms with Gasteiger partial charge in [-0.1, -0.05) is 17.8 Å². The summed E-state index contributed by atoms with van der Waals surface area (Å²) in [5.41, 5.74) is 2.27. The molecule has 0 bridgehead atoms. The maximum absolute atomic E-state index is 5.37. The van der Waals surface area contributed by atoms with Crippen molar-refractivity contribution in [1.82, 2.24) is 19.7 Å². The van der Waals surface area contributed by atoms with Crippen molar-refractivity contribution in [3.05, 3.63) is 54.6 Å². The molecule has 1 aromatic carbocycles. The second kappa shape index (κ2) is 6.02. The van der Waals surface area contributed by atoms with E-state index in [1.54, 1.807) is 37.5 Å². The second-order valence-electron chi connectivity index (χ2n) is 5.14. The minimum Gasteiger partial charge on any atom is -0.364 e. The Morgan fingerprint density at radius 2 is 2.09 bits per heavy atom. The molecule has 0 fully saturated rings. The largest absolute Gasteiger partial charge is 0.364 e. The van der Waals surface area contributed by atoms with Gasteiger partial charge in [0.1, 0.15) is 11.8 Å². The number of rotatable bonds is 4. The summed E-state index contributed by atoms with van der Waals surface area (Å²) in [5.74, 6) is 0.836. The minimum absolute atomic E-state index is 0.435. The fraction of sp³-hybridized carbons (Fsp3) is 0.188. The van der Waals surface area contributed by atoms with Crippen LogP contribution in [0.4, 0.5) is 11.5 Å². The number of nitrogens with zero attached hydrogens (tertiary/aromatic N) is 5. The normalized spacial score (nSPS) is 12.8. The first-order valence-corrected chi connectivity index (χ1v) is 8.02. The molecule has 6 nitrogen and oxygen atoms in total. The van der Waals surface area contributed by atoms with E-state index in [-0.39, 0.29) is 0 Å². The molecule has 0 saturated carbocycles. The van der Waals surface area contributed by atoms with Crippen molar-refractivity contribution >= 4 is 23.3 Å². The second-order valence-corrected chi connectivity index (χ2v) is 6.17. The van der Waals surface area contributed by atoms with Gasteiger partial charge in [-0.2, -0.15) is 5.10 Å². The summed E-state index contributed by atoms with van der Waals surface area (Å²) in [7, 11) is 1.69. The zero-order valence-electron chi connectivity index (χ0n) is 12.6. The van der Waals surface area contributed by atoms with E-state index in [2.05, 4.69) is 38.2 Å². The monoisotopic (exact) mass is 325 g/mol. The van der Waals surface area contributed by atoms with Gasteiger partial charge in [0, 0.05) is 36.8 Å². The standard InChI is InChI=1S/C16H15N5OS/c1-22-11-21-13-9-12(10-20-8-2-5-19-20)3-4-14(13)23-16-15(21)17-6-7-18-16/h2-9H,10-11H2,1H3. The van der Waals surface area contributed by atoms with Crippen LogP contribution in [0.2, 0.25) is 0 Å². The summed E-state index contributed by atoms with van der Waals surface area (Å²) in [4.78, 5) is 12.1. The Labute approximate surface area is 138 Å². The highest BCUT2D eigenvalue weighted by Gasteiger charge is 2.25. The molecule has 0 atom stereocenters. The van der Waals surface area contributed by atoms with Crippen LogP contribution in [-0.4, -0.2) is 33.6 Å². The zero-order valence-corrected chi connectivity index (χ0v) is 13.4. The molecule has 0 radical (unpaired) electrons. The van der Waals surface area contributed by atoms with Crippen molar-refractivity contribution in [3.63, 3.8) is 0 Å². The number of ether oxygens (including phenoxy) is 1. The third kappa shape index (κ3) is 2.69. The fourth-order valence-corrected chi connectivity index (χ4v) is 3.58. The number of methoxy groups -OCH3 is 1. The highest BCUT2D eigenvalue weighted by atomic mass is 32.2. The SMILES string of the molecule is COCN1c2cc(Cn3cccn3)ccc2Sc2nccnc21. The first-order valence-electron chi connectivity index (χ1n) is 7.21. The number of anilines is 2. The van der Waals surface area contributed by atoms with E-state index in [0.717, 1.165) is 28.0 Å². The van der Waals surface area contributed by atoms with E-state index in [0.29, 0.717) is 6.73 Å². The minimum atomic E-state index is 0.435. The lowest BCUT2D eigenvalue weighted by Gasteiger charge is -2.30. The molecule has 2 aromatic heterocycles. The number of fused-ring (bicyclic) bond motifs is 2. The summed E-state index contributed by atoms with van der Waals surface area (Å²) in [6.45, 7) is 1.17. The third-order valence-electron chi connectivity index (χ3n) is 3.58. The van der Waals surface area contributed by atoms with Crippen LogP contribution in [0.25, 0.3) is 0 Å². The Morgan fingerprint density at radius 3 is 2.91 bits per heavy atom. The van der Waals surface area contributed by atoms with E-state index in [1.807, 2.05) is 16.9 Å². The Morgan fingerprint density at radius 1 is 1.17 bits per heavy atom. The van der Waals surface area contributed by atoms with Crippen LogP contribution < -0.4 is 4.90 Å². The van der Waals surface area contributed by atoms with Crippen LogP contribution in [0.3, 0.4) is 0 Å². The average Bonchev–Trinajstić information content (AvgIpc) is 3.08. The van der Waals surface area contributed by atoms with Gasteiger partial charge in [0.05, 0.1) is 12.2 Å². The van der Waals surface area contributed by atoms with Gasteiger partial charge in [-0.05, 0) is 23.8 Å². The smallest absolute Gasteiger partial charge is 0.168 e. The Balaban J connectivity index is 1.73. The maximum Gasteiger partial charge on any atom is 0.168 e. The summed E-state index contributed by atoms with van der Waals surface area (Å²) in [6, 6.07) is 8.34. The van der Waals surface area contributed by atoms with Crippen LogP contribution >= 0.6 is 11.8 Å². The van der Waals surface area contributed by atoms with Gasteiger partial charge in [-0.15, -0.1) is 0 Å². The highest BCUT2D eigenvalue weighted by molar-refractivity contribution is 7.99. The summed E-state index contributed by atoms with van der Waals surface area (Å²) in [6.07, 6.45) is 7.17. The van der Waals surface area contributed by atoms with E-state index in [4.69, 9.17) is 4.74 Å². The van der Waals surface area contributed by atoms with E-state index < -0.39 is 0 Å². The van der Waals surface area contributed by atoms with Gasteiger partial charge < -0.3 is 4.74 Å². The quantitative estimate of drug-likeness (QED) is 0.735. The van der Waals surface area contributed by atoms with Crippen LogP contribution in [0.5, 0.6) is 0 Å².